The van der Waals surface area contributed by atoms with Crippen LogP contribution < -0.4 is 4.74 Å². The second-order valence-corrected chi connectivity index (χ2v) is 8.86. The zero-order valence-electron chi connectivity index (χ0n) is 15.9. The molecule has 2 aromatic carbocycles. The van der Waals surface area contributed by atoms with Crippen molar-refractivity contribution < 1.29 is 18.0 Å². The number of pyridine rings is 1. The maximum Gasteiger partial charge on any atom is 0.235 e. The van der Waals surface area contributed by atoms with E-state index in [1.165, 1.54) is 23.4 Å². The third-order valence-electron chi connectivity index (χ3n) is 4.57. The predicted molar refractivity (Wildman–Crippen MR) is 110 cm³/mol. The number of sulfone groups is 1. The average Bonchev–Trinajstić information content (AvgIpc) is 3.17. The molecule has 0 N–H and O–H groups in total. The van der Waals surface area contributed by atoms with Crippen LogP contribution in [0.1, 0.15) is 29.2 Å². The second kappa shape index (κ2) is 8.05. The molecule has 148 valence electrons. The van der Waals surface area contributed by atoms with E-state index in [0.717, 1.165) is 18.2 Å². The normalized spacial score (nSPS) is 16.2. The molecule has 7 heteroatoms. The minimum absolute atomic E-state index is 0.00271. The van der Waals surface area contributed by atoms with Crippen LogP contribution in [0.4, 0.5) is 0 Å². The molecule has 0 aliphatic carbocycles. The smallest absolute Gasteiger partial charge is 0.235 e. The molecule has 0 saturated carbocycles. The molecule has 0 unspecified atom stereocenters. The summed E-state index contributed by atoms with van der Waals surface area (Å²) >= 11 is 0. The van der Waals surface area contributed by atoms with Crippen molar-refractivity contribution in [2.45, 2.75) is 24.0 Å². The Morgan fingerprint density at radius 3 is 2.38 bits per heavy atom. The number of hydrogen-bond donors (Lipinski definition) is 0. The first kappa shape index (κ1) is 19.1. The molecule has 0 radical (unpaired) electrons. The van der Waals surface area contributed by atoms with Crippen molar-refractivity contribution in [3.8, 4) is 5.75 Å². The van der Waals surface area contributed by atoms with Crippen LogP contribution in [0.15, 0.2) is 83.1 Å². The van der Waals surface area contributed by atoms with Crippen LogP contribution in [-0.4, -0.2) is 25.6 Å². The van der Waals surface area contributed by atoms with Crippen LogP contribution >= 0.6 is 0 Å². The van der Waals surface area contributed by atoms with Crippen LogP contribution in [0, 0.1) is 0 Å². The molecule has 0 bridgehead atoms. The first-order valence-corrected chi connectivity index (χ1v) is 11.1. The molecular weight excluding hydrogens is 388 g/mol. The Balaban J connectivity index is 1.35. The topological polar surface area (TPSA) is 77.9 Å². The van der Waals surface area contributed by atoms with Gasteiger partial charge in [-0.3, -0.25) is 0 Å². The second-order valence-electron chi connectivity index (χ2n) is 6.89. The lowest BCUT2D eigenvalue weighted by molar-refractivity contribution is 0.0855. The Hall–Kier alpha value is -3.19. The number of oxime groups is 1. The fourth-order valence-corrected chi connectivity index (χ4v) is 3.62. The van der Waals surface area contributed by atoms with Crippen molar-refractivity contribution in [3.63, 3.8) is 0 Å². The largest absolute Gasteiger partial charge is 0.438 e. The Morgan fingerprint density at radius 1 is 1.00 bits per heavy atom. The Kier molecular flexibility index (Phi) is 5.31. The van der Waals surface area contributed by atoms with E-state index in [9.17, 15) is 8.42 Å². The monoisotopic (exact) mass is 408 g/mol. The molecule has 1 atom stereocenters. The van der Waals surface area contributed by atoms with Gasteiger partial charge in [-0.05, 0) is 35.2 Å². The minimum Gasteiger partial charge on any atom is -0.438 e. The van der Waals surface area contributed by atoms with Crippen molar-refractivity contribution in [3.05, 3.63) is 89.6 Å². The van der Waals surface area contributed by atoms with E-state index in [4.69, 9.17) is 9.57 Å². The number of ether oxygens (including phenoxy) is 1. The van der Waals surface area contributed by atoms with E-state index in [1.54, 1.807) is 6.07 Å². The molecule has 0 fully saturated rings. The summed E-state index contributed by atoms with van der Waals surface area (Å²) in [7, 11) is -3.34. The Labute approximate surface area is 169 Å². The van der Waals surface area contributed by atoms with Gasteiger partial charge in [-0.1, -0.05) is 59.8 Å². The summed E-state index contributed by atoms with van der Waals surface area (Å²) in [5, 5.41) is 4.00. The highest BCUT2D eigenvalue weighted by molar-refractivity contribution is 7.90. The third-order valence-corrected chi connectivity index (χ3v) is 5.57. The van der Waals surface area contributed by atoms with Gasteiger partial charge in [0, 0.05) is 6.26 Å². The van der Waals surface area contributed by atoms with Crippen molar-refractivity contribution in [2.75, 3.05) is 6.26 Å². The third kappa shape index (κ3) is 4.81. The summed E-state index contributed by atoms with van der Waals surface area (Å²) < 4.78 is 28.6. The highest BCUT2D eigenvalue weighted by Gasteiger charge is 2.24. The van der Waals surface area contributed by atoms with E-state index < -0.39 is 9.84 Å². The molecule has 1 aliphatic rings. The molecule has 0 spiro atoms. The van der Waals surface area contributed by atoms with E-state index >= 15 is 0 Å². The van der Waals surface area contributed by atoms with E-state index in [1.807, 2.05) is 30.3 Å². The first-order valence-electron chi connectivity index (χ1n) is 9.17. The molecule has 4 rings (SSSR count). The van der Waals surface area contributed by atoms with Gasteiger partial charge in [0.25, 0.3) is 0 Å². The lowest BCUT2D eigenvalue weighted by Crippen LogP contribution is -2.08. The average molecular weight is 408 g/mol. The van der Waals surface area contributed by atoms with Crippen molar-refractivity contribution in [1.29, 1.82) is 0 Å². The summed E-state index contributed by atoms with van der Waals surface area (Å²) in [6, 6.07) is 21.6. The molecular formula is C22H20N2O4S. The van der Waals surface area contributed by atoms with Gasteiger partial charge in [-0.25, -0.2) is 13.4 Å². The zero-order chi connectivity index (χ0) is 20.3. The SMILES string of the molecule is CS(=O)(=O)c1ccc(OC2=NO[C@@H](c3ccc(Cc4ccccc4)cc3)C2)cn1. The van der Waals surface area contributed by atoms with Crippen molar-refractivity contribution in [2.24, 2.45) is 5.16 Å². The molecule has 0 amide bonds. The number of aromatic nitrogens is 1. The van der Waals surface area contributed by atoms with Gasteiger partial charge >= 0.3 is 0 Å². The first-order chi connectivity index (χ1) is 14.0. The van der Waals surface area contributed by atoms with Gasteiger partial charge in [0.05, 0.1) is 12.6 Å². The number of nitrogens with zero attached hydrogens (tertiary/aromatic N) is 2. The molecule has 1 aromatic heterocycles. The molecule has 1 aliphatic heterocycles. The van der Waals surface area contributed by atoms with E-state index in [0.29, 0.717) is 18.1 Å². The maximum absolute atomic E-state index is 11.5. The van der Waals surface area contributed by atoms with Crippen LogP contribution in [0.25, 0.3) is 0 Å². The van der Waals surface area contributed by atoms with E-state index in [2.05, 4.69) is 34.4 Å². The van der Waals surface area contributed by atoms with Crippen LogP contribution in [-0.2, 0) is 21.1 Å². The summed E-state index contributed by atoms with van der Waals surface area (Å²) in [6.45, 7) is 0. The fraction of sp³-hybridized carbons (Fsp3) is 0.182. The highest BCUT2D eigenvalue weighted by atomic mass is 32.2. The lowest BCUT2D eigenvalue weighted by Gasteiger charge is -2.09. The van der Waals surface area contributed by atoms with Crippen molar-refractivity contribution in [1.82, 2.24) is 4.98 Å². The highest BCUT2D eigenvalue weighted by Crippen LogP contribution is 2.29. The van der Waals surface area contributed by atoms with Crippen LogP contribution in [0.5, 0.6) is 5.75 Å². The van der Waals surface area contributed by atoms with Gasteiger partial charge in [-0.15, -0.1) is 0 Å². The molecule has 3 aromatic rings. The van der Waals surface area contributed by atoms with Crippen LogP contribution in [0.3, 0.4) is 0 Å². The standard InChI is InChI=1S/C22H20N2O4S/c1-29(25,26)22-12-11-19(15-23-22)27-21-14-20(28-24-21)18-9-7-17(8-10-18)13-16-5-3-2-4-6-16/h2-12,15,20H,13-14H2,1H3/t20-/m1/s1. The summed E-state index contributed by atoms with van der Waals surface area (Å²) in [6.07, 6.45) is 3.64. The molecule has 0 saturated heterocycles. The quantitative estimate of drug-likeness (QED) is 0.639. The minimum atomic E-state index is -3.34. The summed E-state index contributed by atoms with van der Waals surface area (Å²) in [5.41, 5.74) is 3.52. The van der Waals surface area contributed by atoms with Gasteiger partial charge in [0.2, 0.25) is 5.90 Å². The maximum atomic E-state index is 11.5. The van der Waals surface area contributed by atoms with Gasteiger partial charge in [0.15, 0.2) is 21.0 Å². The Bertz CT molecular complexity index is 1110. The van der Waals surface area contributed by atoms with E-state index in [-0.39, 0.29) is 11.1 Å². The molecule has 29 heavy (non-hydrogen) atoms. The van der Waals surface area contributed by atoms with Crippen molar-refractivity contribution >= 4 is 15.7 Å². The predicted octanol–water partition coefficient (Wildman–Crippen LogP) is 3.93. The summed E-state index contributed by atoms with van der Waals surface area (Å²) in [4.78, 5) is 9.41. The number of rotatable bonds is 5. The Morgan fingerprint density at radius 2 is 1.72 bits per heavy atom. The summed E-state index contributed by atoms with van der Waals surface area (Å²) in [5.74, 6) is 0.843. The molecule has 6 nitrogen and oxygen atoms in total. The van der Waals surface area contributed by atoms with Gasteiger partial charge < -0.3 is 9.57 Å². The fourth-order valence-electron chi connectivity index (χ4n) is 3.06. The lowest BCUT2D eigenvalue weighted by atomic mass is 10.0. The number of benzene rings is 2. The van der Waals surface area contributed by atoms with Gasteiger partial charge in [0.1, 0.15) is 5.75 Å². The van der Waals surface area contributed by atoms with Crippen LogP contribution in [0.2, 0.25) is 0 Å². The number of hydrogen-bond acceptors (Lipinski definition) is 6. The van der Waals surface area contributed by atoms with Gasteiger partial charge in [-0.2, -0.15) is 0 Å². The molecule has 2 heterocycles. The zero-order valence-corrected chi connectivity index (χ0v) is 16.7.